The Morgan fingerprint density at radius 1 is 1.12 bits per heavy atom. The lowest BCUT2D eigenvalue weighted by Gasteiger charge is -2.36. The first-order valence-corrected chi connectivity index (χ1v) is 6.71. The highest BCUT2D eigenvalue weighted by atomic mass is 16.5. The Hall–Kier alpha value is -0.0800. The van der Waals surface area contributed by atoms with Gasteiger partial charge in [-0.1, -0.05) is 34.6 Å². The van der Waals surface area contributed by atoms with E-state index in [1.54, 1.807) is 0 Å². The van der Waals surface area contributed by atoms with Crippen molar-refractivity contribution < 1.29 is 4.74 Å². The molecule has 2 nitrogen and oxygen atoms in total. The summed E-state index contributed by atoms with van der Waals surface area (Å²) in [5.41, 5.74) is 0.431. The van der Waals surface area contributed by atoms with Gasteiger partial charge in [-0.15, -0.1) is 0 Å². The zero-order valence-corrected chi connectivity index (χ0v) is 11.8. The Bertz CT molecular complexity index is 189. The molecule has 1 heterocycles. The maximum Gasteiger partial charge on any atom is 0.0594 e. The number of ether oxygens (including phenoxy) is 1. The van der Waals surface area contributed by atoms with E-state index in [0.717, 1.165) is 38.1 Å². The van der Waals surface area contributed by atoms with Gasteiger partial charge in [0.15, 0.2) is 0 Å². The van der Waals surface area contributed by atoms with Crippen molar-refractivity contribution >= 4 is 0 Å². The smallest absolute Gasteiger partial charge is 0.0594 e. The van der Waals surface area contributed by atoms with Crippen LogP contribution in [0.1, 0.15) is 41.0 Å². The monoisotopic (exact) mass is 227 g/mol. The molecule has 0 aromatic carbocycles. The third-order valence-electron chi connectivity index (χ3n) is 3.78. The molecular formula is C14H29NO. The maximum absolute atomic E-state index is 5.38. The van der Waals surface area contributed by atoms with Crippen molar-refractivity contribution in [3.05, 3.63) is 0 Å². The van der Waals surface area contributed by atoms with E-state index in [1.165, 1.54) is 13.0 Å². The highest BCUT2D eigenvalue weighted by Crippen LogP contribution is 2.34. The van der Waals surface area contributed by atoms with E-state index in [-0.39, 0.29) is 0 Å². The van der Waals surface area contributed by atoms with Crippen molar-refractivity contribution in [3.63, 3.8) is 0 Å². The molecule has 96 valence electrons. The fourth-order valence-corrected chi connectivity index (χ4v) is 2.91. The predicted octanol–water partition coefficient (Wildman–Crippen LogP) is 3.03. The van der Waals surface area contributed by atoms with Crippen LogP contribution in [0.5, 0.6) is 0 Å². The summed E-state index contributed by atoms with van der Waals surface area (Å²) in [5.74, 6) is 1.59. The van der Waals surface area contributed by atoms with Gasteiger partial charge < -0.3 is 4.74 Å². The van der Waals surface area contributed by atoms with Crippen LogP contribution in [0.3, 0.4) is 0 Å². The minimum Gasteiger partial charge on any atom is -0.379 e. The quantitative estimate of drug-likeness (QED) is 0.732. The lowest BCUT2D eigenvalue weighted by atomic mass is 9.72. The molecule has 1 rings (SSSR count). The van der Waals surface area contributed by atoms with Crippen molar-refractivity contribution in [2.45, 2.75) is 41.0 Å². The molecule has 1 aliphatic rings. The van der Waals surface area contributed by atoms with Crippen LogP contribution in [0.2, 0.25) is 0 Å². The van der Waals surface area contributed by atoms with E-state index in [0.29, 0.717) is 5.41 Å². The Kier molecular flexibility index (Phi) is 5.26. The molecule has 1 fully saturated rings. The van der Waals surface area contributed by atoms with Gasteiger partial charge in [0.05, 0.1) is 13.2 Å². The molecule has 0 aliphatic carbocycles. The number of hydrogen-bond donors (Lipinski definition) is 0. The Balaban J connectivity index is 2.37. The Labute approximate surface area is 101 Å². The first-order valence-electron chi connectivity index (χ1n) is 6.71. The molecule has 1 unspecified atom stereocenters. The average molecular weight is 227 g/mol. The third kappa shape index (κ3) is 4.42. The van der Waals surface area contributed by atoms with Gasteiger partial charge in [0.2, 0.25) is 0 Å². The summed E-state index contributed by atoms with van der Waals surface area (Å²) in [6.45, 7) is 17.1. The zero-order chi connectivity index (χ0) is 12.2. The highest BCUT2D eigenvalue weighted by molar-refractivity contribution is 4.78. The first-order chi connectivity index (χ1) is 7.41. The summed E-state index contributed by atoms with van der Waals surface area (Å²) in [6.07, 6.45) is 1.32. The molecule has 0 saturated carbocycles. The van der Waals surface area contributed by atoms with Crippen molar-refractivity contribution in [2.24, 2.45) is 17.3 Å². The second-order valence-electron chi connectivity index (χ2n) is 6.46. The lowest BCUT2D eigenvalue weighted by Crippen LogP contribution is -2.39. The topological polar surface area (TPSA) is 12.5 Å². The summed E-state index contributed by atoms with van der Waals surface area (Å²) < 4.78 is 5.38. The fraction of sp³-hybridized carbons (Fsp3) is 1.00. The summed E-state index contributed by atoms with van der Waals surface area (Å²) in [6, 6.07) is 0. The molecule has 0 amide bonds. The molecular weight excluding hydrogens is 198 g/mol. The Morgan fingerprint density at radius 2 is 1.69 bits per heavy atom. The fourth-order valence-electron chi connectivity index (χ4n) is 2.91. The normalized spacial score (nSPS) is 21.4. The average Bonchev–Trinajstić information content (AvgIpc) is 2.17. The molecule has 16 heavy (non-hydrogen) atoms. The van der Waals surface area contributed by atoms with Crippen LogP contribution < -0.4 is 0 Å². The number of nitrogens with zero attached hydrogens (tertiary/aromatic N) is 1. The summed E-state index contributed by atoms with van der Waals surface area (Å²) >= 11 is 0. The third-order valence-corrected chi connectivity index (χ3v) is 3.78. The Morgan fingerprint density at radius 3 is 2.12 bits per heavy atom. The van der Waals surface area contributed by atoms with Gasteiger partial charge in [-0.25, -0.2) is 0 Å². The summed E-state index contributed by atoms with van der Waals surface area (Å²) in [5, 5.41) is 0. The van der Waals surface area contributed by atoms with E-state index >= 15 is 0 Å². The molecule has 0 aromatic heterocycles. The van der Waals surface area contributed by atoms with E-state index < -0.39 is 0 Å². The van der Waals surface area contributed by atoms with Crippen LogP contribution in [0.25, 0.3) is 0 Å². The van der Waals surface area contributed by atoms with Crippen molar-refractivity contribution in [1.29, 1.82) is 0 Å². The van der Waals surface area contributed by atoms with Crippen LogP contribution in [-0.4, -0.2) is 37.7 Å². The van der Waals surface area contributed by atoms with Crippen LogP contribution in [0.4, 0.5) is 0 Å². The van der Waals surface area contributed by atoms with Crippen LogP contribution in [-0.2, 0) is 4.74 Å². The van der Waals surface area contributed by atoms with Gasteiger partial charge in [0.1, 0.15) is 0 Å². The van der Waals surface area contributed by atoms with Crippen molar-refractivity contribution in [3.8, 4) is 0 Å². The van der Waals surface area contributed by atoms with Crippen molar-refractivity contribution in [1.82, 2.24) is 4.90 Å². The standard InChI is InChI=1S/C14H29NO/c1-12(2)13(14(3,4)5)6-7-15-8-10-16-11-9-15/h12-13H,6-11H2,1-5H3. The largest absolute Gasteiger partial charge is 0.379 e. The molecule has 0 N–H and O–H groups in total. The number of morpholine rings is 1. The van der Waals surface area contributed by atoms with Crippen LogP contribution >= 0.6 is 0 Å². The van der Waals surface area contributed by atoms with Crippen LogP contribution in [0, 0.1) is 17.3 Å². The van der Waals surface area contributed by atoms with Gasteiger partial charge in [-0.2, -0.15) is 0 Å². The van der Waals surface area contributed by atoms with Gasteiger partial charge in [0.25, 0.3) is 0 Å². The second kappa shape index (κ2) is 6.02. The van der Waals surface area contributed by atoms with Gasteiger partial charge >= 0.3 is 0 Å². The maximum atomic E-state index is 5.38. The molecule has 1 saturated heterocycles. The zero-order valence-electron chi connectivity index (χ0n) is 11.8. The van der Waals surface area contributed by atoms with E-state index in [1.807, 2.05) is 0 Å². The van der Waals surface area contributed by atoms with Crippen LogP contribution in [0.15, 0.2) is 0 Å². The van der Waals surface area contributed by atoms with E-state index in [9.17, 15) is 0 Å². The molecule has 1 aliphatic heterocycles. The van der Waals surface area contributed by atoms with Gasteiger partial charge in [0, 0.05) is 13.1 Å². The molecule has 0 bridgehead atoms. The minimum absolute atomic E-state index is 0.431. The molecule has 0 aromatic rings. The second-order valence-corrected chi connectivity index (χ2v) is 6.46. The SMILES string of the molecule is CC(C)C(CCN1CCOCC1)C(C)(C)C. The molecule has 2 heteroatoms. The molecule has 1 atom stereocenters. The van der Waals surface area contributed by atoms with Gasteiger partial charge in [-0.05, 0) is 30.2 Å². The highest BCUT2D eigenvalue weighted by Gasteiger charge is 2.27. The van der Waals surface area contributed by atoms with E-state index in [2.05, 4.69) is 39.5 Å². The lowest BCUT2D eigenvalue weighted by molar-refractivity contribution is 0.0295. The minimum atomic E-state index is 0.431. The van der Waals surface area contributed by atoms with E-state index in [4.69, 9.17) is 4.74 Å². The van der Waals surface area contributed by atoms with Gasteiger partial charge in [-0.3, -0.25) is 4.90 Å². The number of rotatable bonds is 4. The predicted molar refractivity (Wildman–Crippen MR) is 69.7 cm³/mol. The van der Waals surface area contributed by atoms with Crippen molar-refractivity contribution in [2.75, 3.05) is 32.8 Å². The molecule has 0 spiro atoms. The number of hydrogen-bond acceptors (Lipinski definition) is 2. The summed E-state index contributed by atoms with van der Waals surface area (Å²) in [4.78, 5) is 2.55. The summed E-state index contributed by atoms with van der Waals surface area (Å²) in [7, 11) is 0. The molecule has 0 radical (unpaired) electrons. The first kappa shape index (κ1) is 14.0.